The summed E-state index contributed by atoms with van der Waals surface area (Å²) in [7, 11) is 0. The van der Waals surface area contributed by atoms with Gasteiger partial charge in [0.1, 0.15) is 0 Å². The summed E-state index contributed by atoms with van der Waals surface area (Å²) in [5, 5.41) is 5.76. The third kappa shape index (κ3) is 2.13. The minimum Gasteiger partial charge on any atom is -0.354 e. The van der Waals surface area contributed by atoms with Crippen LogP contribution in [0.25, 0.3) is 0 Å². The summed E-state index contributed by atoms with van der Waals surface area (Å²) >= 11 is 1.58. The van der Waals surface area contributed by atoms with Gasteiger partial charge in [-0.05, 0) is 42.8 Å². The van der Waals surface area contributed by atoms with E-state index in [2.05, 4.69) is 16.6 Å². The van der Waals surface area contributed by atoms with Crippen LogP contribution in [0.3, 0.4) is 0 Å². The van der Waals surface area contributed by atoms with Gasteiger partial charge >= 0.3 is 5.91 Å². The molecule has 0 spiro atoms. The van der Waals surface area contributed by atoms with Crippen LogP contribution in [0.1, 0.15) is 15.9 Å². The molecule has 0 unspecified atom stereocenters. The fraction of sp³-hybridized carbons (Fsp3) is 0.0714. The second-order valence-electron chi connectivity index (χ2n) is 4.33. The summed E-state index contributed by atoms with van der Waals surface area (Å²) in [5.74, 6) is -0.738. The van der Waals surface area contributed by atoms with Gasteiger partial charge in [-0.1, -0.05) is 17.8 Å². The summed E-state index contributed by atoms with van der Waals surface area (Å²) in [6.45, 7) is 2.03. The lowest BCUT2D eigenvalue weighted by Crippen LogP contribution is -2.02. The van der Waals surface area contributed by atoms with Gasteiger partial charge in [-0.2, -0.15) is 0 Å². The molecule has 0 fully saturated rings. The summed E-state index contributed by atoms with van der Waals surface area (Å²) in [5.41, 5.74) is 3.48. The minimum absolute atomic E-state index is 0.319. The zero-order valence-corrected chi connectivity index (χ0v) is 11.0. The molecule has 3 rings (SSSR count). The third-order valence-corrected chi connectivity index (χ3v) is 4.05. The lowest BCUT2D eigenvalue weighted by molar-refractivity contribution is 0.100. The number of nitroso groups, excluding NO2 is 1. The van der Waals surface area contributed by atoms with Crippen molar-refractivity contribution < 1.29 is 4.79 Å². The maximum absolute atomic E-state index is 11.3. The fourth-order valence-electron chi connectivity index (χ4n) is 1.98. The van der Waals surface area contributed by atoms with E-state index in [1.807, 2.05) is 19.1 Å². The van der Waals surface area contributed by atoms with Gasteiger partial charge in [0.25, 0.3) is 0 Å². The number of aryl methyl sites for hydroxylation is 1. The zero-order valence-electron chi connectivity index (χ0n) is 10.1. The van der Waals surface area contributed by atoms with Gasteiger partial charge in [-0.3, -0.25) is 4.79 Å². The number of amides is 1. The second-order valence-corrected chi connectivity index (χ2v) is 5.42. The molecule has 2 aromatic carbocycles. The molecule has 1 aliphatic rings. The van der Waals surface area contributed by atoms with Crippen molar-refractivity contribution in [2.75, 3.05) is 5.32 Å². The number of anilines is 2. The quantitative estimate of drug-likeness (QED) is 0.676. The highest BCUT2D eigenvalue weighted by atomic mass is 32.2. The molecule has 2 aromatic rings. The van der Waals surface area contributed by atoms with Crippen molar-refractivity contribution in [3.63, 3.8) is 0 Å². The first-order valence-corrected chi connectivity index (χ1v) is 6.56. The number of hydrogen-bond acceptors (Lipinski definition) is 4. The number of rotatable bonds is 1. The molecule has 1 aliphatic heterocycles. The van der Waals surface area contributed by atoms with Crippen molar-refractivity contribution in [2.24, 2.45) is 5.18 Å². The first kappa shape index (κ1) is 11.9. The highest BCUT2D eigenvalue weighted by molar-refractivity contribution is 7.99. The average Bonchev–Trinajstić information content (AvgIpc) is 2.43. The van der Waals surface area contributed by atoms with Crippen LogP contribution in [0.4, 0.5) is 11.4 Å². The maximum Gasteiger partial charge on any atom is 0.316 e. The molecular formula is C14H10N2O2S. The highest BCUT2D eigenvalue weighted by Gasteiger charge is 2.17. The van der Waals surface area contributed by atoms with Crippen LogP contribution in [0.15, 0.2) is 51.4 Å². The zero-order chi connectivity index (χ0) is 13.4. The summed E-state index contributed by atoms with van der Waals surface area (Å²) in [6.07, 6.45) is 0. The predicted octanol–water partition coefficient (Wildman–Crippen LogP) is 4.11. The van der Waals surface area contributed by atoms with E-state index in [0.717, 1.165) is 21.2 Å². The first-order valence-electron chi connectivity index (χ1n) is 5.74. The number of hydrogen-bond donors (Lipinski definition) is 1. The molecule has 0 radical (unpaired) electrons. The molecule has 0 aromatic heterocycles. The summed E-state index contributed by atoms with van der Waals surface area (Å²) < 4.78 is 0. The Morgan fingerprint density at radius 3 is 2.53 bits per heavy atom. The number of nitrogens with zero attached hydrogens (tertiary/aromatic N) is 1. The lowest BCUT2D eigenvalue weighted by Gasteiger charge is -2.21. The number of benzene rings is 2. The fourth-order valence-corrected chi connectivity index (χ4v) is 3.10. The summed E-state index contributed by atoms with van der Waals surface area (Å²) in [6, 6.07) is 11.3. The molecule has 19 heavy (non-hydrogen) atoms. The second kappa shape index (κ2) is 4.51. The van der Waals surface area contributed by atoms with Gasteiger partial charge in [0.2, 0.25) is 0 Å². The van der Waals surface area contributed by atoms with E-state index in [0.29, 0.717) is 5.56 Å². The molecule has 94 valence electrons. The van der Waals surface area contributed by atoms with E-state index < -0.39 is 5.91 Å². The Morgan fingerprint density at radius 1 is 1.11 bits per heavy atom. The van der Waals surface area contributed by atoms with Crippen molar-refractivity contribution in [1.29, 1.82) is 0 Å². The molecule has 0 saturated heterocycles. The van der Waals surface area contributed by atoms with Crippen LogP contribution in [0.5, 0.6) is 0 Å². The van der Waals surface area contributed by atoms with E-state index in [1.165, 1.54) is 5.56 Å². The minimum atomic E-state index is -0.738. The Morgan fingerprint density at radius 2 is 1.79 bits per heavy atom. The molecule has 0 saturated carbocycles. The van der Waals surface area contributed by atoms with Gasteiger partial charge < -0.3 is 5.32 Å². The van der Waals surface area contributed by atoms with Gasteiger partial charge in [-0.15, -0.1) is 4.91 Å². The Labute approximate surface area is 114 Å². The van der Waals surface area contributed by atoms with Crippen molar-refractivity contribution in [3.8, 4) is 0 Å². The third-order valence-electron chi connectivity index (χ3n) is 2.94. The number of carbonyl (C=O) groups is 1. The SMILES string of the molecule is Cc1ccc2c(c1)Sc1cc(C(=O)N=O)ccc1N2. The topological polar surface area (TPSA) is 58.5 Å². The Balaban J connectivity index is 2.03. The maximum atomic E-state index is 11.3. The van der Waals surface area contributed by atoms with Crippen molar-refractivity contribution in [2.45, 2.75) is 16.7 Å². The molecule has 0 bridgehead atoms. The standard InChI is InChI=1S/C14H10N2O2S/c1-8-2-4-10-12(6-8)19-13-7-9(14(17)16-18)3-5-11(13)15-10/h2-7,15H,1H3. The first-order chi connectivity index (χ1) is 9.17. The summed E-state index contributed by atoms with van der Waals surface area (Å²) in [4.78, 5) is 23.6. The van der Waals surface area contributed by atoms with Crippen LogP contribution >= 0.6 is 11.8 Å². The van der Waals surface area contributed by atoms with Crippen molar-refractivity contribution in [3.05, 3.63) is 52.4 Å². The van der Waals surface area contributed by atoms with E-state index in [4.69, 9.17) is 0 Å². The van der Waals surface area contributed by atoms with Crippen LogP contribution in [0.2, 0.25) is 0 Å². The Hall–Kier alpha value is -2.14. The molecule has 0 aliphatic carbocycles. The monoisotopic (exact) mass is 270 g/mol. The smallest absolute Gasteiger partial charge is 0.316 e. The van der Waals surface area contributed by atoms with Gasteiger partial charge in [0.15, 0.2) is 0 Å². The van der Waals surface area contributed by atoms with Crippen molar-refractivity contribution >= 4 is 29.0 Å². The molecule has 5 heteroatoms. The number of carbonyl (C=O) groups excluding carboxylic acids is 1. The van der Waals surface area contributed by atoms with Crippen LogP contribution in [-0.2, 0) is 0 Å². The van der Waals surface area contributed by atoms with Crippen LogP contribution in [-0.4, -0.2) is 5.91 Å². The molecule has 1 heterocycles. The Kier molecular flexibility index (Phi) is 2.83. The molecular weight excluding hydrogens is 260 g/mol. The van der Waals surface area contributed by atoms with Crippen molar-refractivity contribution in [1.82, 2.24) is 0 Å². The Bertz CT molecular complexity index is 698. The molecule has 1 N–H and O–H groups in total. The predicted molar refractivity (Wildman–Crippen MR) is 75.2 cm³/mol. The number of nitrogens with one attached hydrogen (secondary N) is 1. The molecule has 4 nitrogen and oxygen atoms in total. The lowest BCUT2D eigenvalue weighted by atomic mass is 10.1. The van der Waals surface area contributed by atoms with E-state index >= 15 is 0 Å². The highest BCUT2D eigenvalue weighted by Crippen LogP contribution is 2.44. The largest absolute Gasteiger partial charge is 0.354 e. The van der Waals surface area contributed by atoms with Crippen LogP contribution in [0, 0.1) is 11.8 Å². The van der Waals surface area contributed by atoms with Gasteiger partial charge in [0, 0.05) is 20.5 Å². The average molecular weight is 270 g/mol. The van der Waals surface area contributed by atoms with E-state index in [1.54, 1.807) is 30.0 Å². The number of fused-ring (bicyclic) bond motifs is 2. The van der Waals surface area contributed by atoms with Gasteiger partial charge in [-0.25, -0.2) is 0 Å². The van der Waals surface area contributed by atoms with Crippen LogP contribution < -0.4 is 5.32 Å². The van der Waals surface area contributed by atoms with E-state index in [-0.39, 0.29) is 0 Å². The molecule has 1 amide bonds. The van der Waals surface area contributed by atoms with E-state index in [9.17, 15) is 9.70 Å². The van der Waals surface area contributed by atoms with Gasteiger partial charge in [0.05, 0.1) is 11.4 Å². The normalized spacial score (nSPS) is 12.1. The molecule has 0 atom stereocenters.